The van der Waals surface area contributed by atoms with Gasteiger partial charge in [0.2, 0.25) is 5.91 Å². The van der Waals surface area contributed by atoms with Crippen molar-refractivity contribution >= 4 is 36.6 Å². The molecule has 0 radical (unpaired) electrons. The third kappa shape index (κ3) is 5.13. The van der Waals surface area contributed by atoms with Crippen LogP contribution >= 0.6 is 19.4 Å². The summed E-state index contributed by atoms with van der Waals surface area (Å²) in [6.07, 6.45) is 5.19. The van der Waals surface area contributed by atoms with Gasteiger partial charge in [0.1, 0.15) is 6.16 Å². The van der Waals surface area contributed by atoms with Gasteiger partial charge >= 0.3 is 7.60 Å². The number of fused-ring (bicyclic) bond motifs is 2. The standard InChI is InChI=1S/C22H28NO4PS/c1-3-5-9-16-13-14-20-22(17(16)10-6-4-2)23(21(24)15-28(25,26)27)18-11-7-8-12-19(18)29-20/h7-8,11-14H,3-6,9-10,15H2,1-2H3,(H2,25,26,27). The van der Waals surface area contributed by atoms with Crippen molar-refractivity contribution in [2.75, 3.05) is 11.1 Å². The second-order valence-electron chi connectivity index (χ2n) is 7.38. The highest BCUT2D eigenvalue weighted by molar-refractivity contribution is 7.99. The van der Waals surface area contributed by atoms with Crippen molar-refractivity contribution in [3.05, 3.63) is 47.5 Å². The number of nitrogens with zero attached hydrogens (tertiary/aromatic N) is 1. The first-order chi connectivity index (χ1) is 13.9. The molecule has 0 atom stereocenters. The summed E-state index contributed by atoms with van der Waals surface area (Å²) in [4.78, 5) is 35.5. The van der Waals surface area contributed by atoms with E-state index >= 15 is 0 Å². The van der Waals surface area contributed by atoms with E-state index in [1.54, 1.807) is 16.7 Å². The fraction of sp³-hybridized carbons (Fsp3) is 0.409. The number of carbonyl (C=O) groups is 1. The van der Waals surface area contributed by atoms with Crippen LogP contribution in [-0.2, 0) is 22.2 Å². The predicted octanol–water partition coefficient (Wildman–Crippen LogP) is 5.68. The Morgan fingerprint density at radius 2 is 1.69 bits per heavy atom. The van der Waals surface area contributed by atoms with Crippen LogP contribution in [0.15, 0.2) is 46.2 Å². The molecular weight excluding hydrogens is 405 g/mol. The molecule has 2 N–H and O–H groups in total. The molecule has 156 valence electrons. The van der Waals surface area contributed by atoms with Crippen LogP contribution in [0.1, 0.15) is 50.7 Å². The van der Waals surface area contributed by atoms with Crippen molar-refractivity contribution in [3.63, 3.8) is 0 Å². The molecule has 1 amide bonds. The zero-order chi connectivity index (χ0) is 21.0. The summed E-state index contributed by atoms with van der Waals surface area (Å²) in [5, 5.41) is 0. The van der Waals surface area contributed by atoms with Crippen LogP contribution in [0.5, 0.6) is 0 Å². The summed E-state index contributed by atoms with van der Waals surface area (Å²) in [6, 6.07) is 11.8. The Labute approximate surface area is 176 Å². The van der Waals surface area contributed by atoms with E-state index in [9.17, 15) is 19.1 Å². The van der Waals surface area contributed by atoms with E-state index in [1.807, 2.05) is 30.3 Å². The van der Waals surface area contributed by atoms with Crippen LogP contribution in [0.4, 0.5) is 11.4 Å². The molecule has 1 aliphatic rings. The third-order valence-electron chi connectivity index (χ3n) is 5.06. The highest BCUT2D eigenvalue weighted by Crippen LogP contribution is 2.51. The quantitative estimate of drug-likeness (QED) is 0.524. The largest absolute Gasteiger partial charge is 0.334 e. The number of anilines is 2. The van der Waals surface area contributed by atoms with Gasteiger partial charge in [-0.15, -0.1) is 0 Å². The second-order valence-corrected chi connectivity index (χ2v) is 10.1. The van der Waals surface area contributed by atoms with Crippen molar-refractivity contribution in [3.8, 4) is 0 Å². The Morgan fingerprint density at radius 1 is 1.00 bits per heavy atom. The van der Waals surface area contributed by atoms with Crippen LogP contribution in [0.2, 0.25) is 0 Å². The van der Waals surface area contributed by atoms with Gasteiger partial charge in [-0.05, 0) is 55.0 Å². The lowest BCUT2D eigenvalue weighted by atomic mass is 9.95. The van der Waals surface area contributed by atoms with Gasteiger partial charge in [0.15, 0.2) is 0 Å². The van der Waals surface area contributed by atoms with Gasteiger partial charge < -0.3 is 9.79 Å². The van der Waals surface area contributed by atoms with E-state index in [2.05, 4.69) is 19.9 Å². The van der Waals surface area contributed by atoms with Crippen LogP contribution in [0.25, 0.3) is 0 Å². The number of hydrogen-bond acceptors (Lipinski definition) is 3. The summed E-state index contributed by atoms with van der Waals surface area (Å²) in [6.45, 7) is 4.30. The normalized spacial score (nSPS) is 13.2. The van der Waals surface area contributed by atoms with Crippen molar-refractivity contribution in [2.45, 2.75) is 62.2 Å². The van der Waals surface area contributed by atoms with Gasteiger partial charge in [0, 0.05) is 9.79 Å². The minimum Gasteiger partial charge on any atom is -0.324 e. The Kier molecular flexibility index (Phi) is 7.23. The second kappa shape index (κ2) is 9.48. The lowest BCUT2D eigenvalue weighted by Gasteiger charge is -2.34. The predicted molar refractivity (Wildman–Crippen MR) is 118 cm³/mol. The average molecular weight is 434 g/mol. The summed E-state index contributed by atoms with van der Waals surface area (Å²) in [7, 11) is -4.48. The molecule has 0 aliphatic carbocycles. The average Bonchev–Trinajstić information content (AvgIpc) is 2.67. The van der Waals surface area contributed by atoms with Gasteiger partial charge in [-0.25, -0.2) is 0 Å². The highest BCUT2D eigenvalue weighted by Gasteiger charge is 2.34. The van der Waals surface area contributed by atoms with Crippen LogP contribution < -0.4 is 4.90 Å². The Balaban J connectivity index is 2.17. The van der Waals surface area contributed by atoms with Crippen LogP contribution in [-0.4, -0.2) is 21.9 Å². The first kappa shape index (κ1) is 22.1. The van der Waals surface area contributed by atoms with E-state index in [1.165, 1.54) is 5.56 Å². The molecule has 0 saturated carbocycles. The number of amides is 1. The van der Waals surface area contributed by atoms with Gasteiger partial charge in [-0.3, -0.25) is 14.3 Å². The van der Waals surface area contributed by atoms with Crippen molar-refractivity contribution in [1.82, 2.24) is 0 Å². The molecule has 1 heterocycles. The zero-order valence-electron chi connectivity index (χ0n) is 16.9. The lowest BCUT2D eigenvalue weighted by molar-refractivity contribution is -0.115. The van der Waals surface area contributed by atoms with Gasteiger partial charge in [-0.1, -0.05) is 56.7 Å². The maximum atomic E-state index is 13.1. The molecule has 29 heavy (non-hydrogen) atoms. The molecule has 0 bridgehead atoms. The summed E-state index contributed by atoms with van der Waals surface area (Å²) < 4.78 is 11.6. The number of para-hydroxylation sites is 1. The Hall–Kier alpha value is -1.59. The number of rotatable bonds is 8. The van der Waals surface area contributed by atoms with Crippen molar-refractivity contribution < 1.29 is 19.1 Å². The molecule has 2 aromatic carbocycles. The minimum absolute atomic E-state index is 0.558. The number of benzene rings is 2. The molecule has 2 aromatic rings. The van der Waals surface area contributed by atoms with E-state index < -0.39 is 19.7 Å². The lowest BCUT2D eigenvalue weighted by Crippen LogP contribution is -2.32. The van der Waals surface area contributed by atoms with Gasteiger partial charge in [0.05, 0.1) is 11.4 Å². The number of aryl methyl sites for hydroxylation is 1. The first-order valence-corrected chi connectivity index (χ1v) is 12.8. The van der Waals surface area contributed by atoms with E-state index in [-0.39, 0.29) is 0 Å². The maximum Gasteiger partial charge on any atom is 0.334 e. The smallest absolute Gasteiger partial charge is 0.324 e. The molecule has 0 unspecified atom stereocenters. The molecule has 1 aliphatic heterocycles. The monoisotopic (exact) mass is 433 g/mol. The maximum absolute atomic E-state index is 13.1. The van der Waals surface area contributed by atoms with E-state index in [0.717, 1.165) is 59.6 Å². The van der Waals surface area contributed by atoms with Crippen molar-refractivity contribution in [1.29, 1.82) is 0 Å². The van der Waals surface area contributed by atoms with Crippen LogP contribution in [0, 0.1) is 0 Å². The fourth-order valence-corrected chi connectivity index (χ4v) is 5.28. The molecular formula is C22H28NO4PS. The van der Waals surface area contributed by atoms with E-state index in [0.29, 0.717) is 5.69 Å². The fourth-order valence-electron chi connectivity index (χ4n) is 3.69. The highest BCUT2D eigenvalue weighted by atomic mass is 32.2. The number of unbranched alkanes of at least 4 members (excludes halogenated alkanes) is 2. The zero-order valence-corrected chi connectivity index (χ0v) is 18.6. The molecule has 0 spiro atoms. The molecule has 3 rings (SSSR count). The molecule has 7 heteroatoms. The number of carbonyl (C=O) groups excluding carboxylic acids is 1. The Morgan fingerprint density at radius 3 is 2.38 bits per heavy atom. The first-order valence-electron chi connectivity index (χ1n) is 10.1. The third-order valence-corrected chi connectivity index (χ3v) is 6.86. The molecule has 5 nitrogen and oxygen atoms in total. The SMILES string of the molecule is CCCCc1ccc2c(c1CCCC)N(C(=O)CP(=O)(O)O)c1ccccc1S2. The van der Waals surface area contributed by atoms with Gasteiger partial charge in [0.25, 0.3) is 0 Å². The summed E-state index contributed by atoms with van der Waals surface area (Å²) in [5.74, 6) is -0.558. The molecule has 0 fully saturated rings. The summed E-state index contributed by atoms with van der Waals surface area (Å²) >= 11 is 1.61. The van der Waals surface area contributed by atoms with Crippen LogP contribution in [0.3, 0.4) is 0 Å². The molecule has 0 aromatic heterocycles. The van der Waals surface area contributed by atoms with Crippen molar-refractivity contribution in [2.24, 2.45) is 0 Å². The summed E-state index contributed by atoms with van der Waals surface area (Å²) in [5.41, 5.74) is 3.88. The Bertz CT molecular complexity index is 940. The van der Waals surface area contributed by atoms with E-state index in [4.69, 9.17) is 0 Å². The minimum atomic E-state index is -4.48. The van der Waals surface area contributed by atoms with Gasteiger partial charge in [-0.2, -0.15) is 0 Å². The number of hydrogen-bond donors (Lipinski definition) is 2. The molecule has 0 saturated heterocycles. The topological polar surface area (TPSA) is 77.8 Å².